The Morgan fingerprint density at radius 1 is 1.16 bits per heavy atom. The van der Waals surface area contributed by atoms with E-state index < -0.39 is 10.0 Å². The molecule has 0 bridgehead atoms. The molecule has 1 aliphatic heterocycles. The van der Waals surface area contributed by atoms with Gasteiger partial charge in [-0.2, -0.15) is 4.31 Å². The van der Waals surface area contributed by atoms with Gasteiger partial charge in [0.25, 0.3) is 15.2 Å². The molecule has 1 unspecified atom stereocenters. The fraction of sp³-hybridized carbons (Fsp3) is 0.619. The van der Waals surface area contributed by atoms with E-state index in [-0.39, 0.29) is 11.3 Å². The summed E-state index contributed by atoms with van der Waals surface area (Å²) in [6.07, 6.45) is 6.48. The van der Waals surface area contributed by atoms with Gasteiger partial charge >= 0.3 is 0 Å². The van der Waals surface area contributed by atoms with Gasteiger partial charge in [-0.05, 0) is 74.9 Å². The highest BCUT2D eigenvalue weighted by Gasteiger charge is 2.34. The van der Waals surface area contributed by atoms with Crippen LogP contribution < -0.4 is 5.32 Å². The topological polar surface area (TPSA) is 103 Å². The molecule has 5 rings (SSSR count). The van der Waals surface area contributed by atoms with Crippen LogP contribution in [0.1, 0.15) is 35.1 Å². The number of sulfonamides is 1. The zero-order valence-corrected chi connectivity index (χ0v) is 19.0. The van der Waals surface area contributed by atoms with Crippen LogP contribution in [0.15, 0.2) is 11.2 Å². The van der Waals surface area contributed by atoms with Gasteiger partial charge in [-0.1, -0.05) is 6.07 Å². The molecule has 1 aromatic carbocycles. The van der Waals surface area contributed by atoms with Gasteiger partial charge in [-0.15, -0.1) is 10.2 Å². The molecular weight excluding hydrogens is 416 g/mol. The third-order valence-corrected chi connectivity index (χ3v) is 8.12. The summed E-state index contributed by atoms with van der Waals surface area (Å²) in [4.78, 5) is 4.92. The number of nitrogens with one attached hydrogen (secondary N) is 2. The quantitative estimate of drug-likeness (QED) is 0.693. The highest BCUT2D eigenvalue weighted by atomic mass is 32.2. The molecule has 10 heteroatoms. The van der Waals surface area contributed by atoms with Crippen LogP contribution in [-0.2, 0) is 40.4 Å². The lowest BCUT2D eigenvalue weighted by molar-refractivity contribution is -0.0133. The fourth-order valence-electron chi connectivity index (χ4n) is 5.06. The molecule has 0 saturated carbocycles. The third kappa shape index (κ3) is 3.97. The monoisotopic (exact) mass is 446 g/mol. The molecule has 0 amide bonds. The number of aryl methyl sites for hydroxylation is 2. The number of aromatic nitrogens is 3. The smallest absolute Gasteiger partial charge is 0.278 e. The molecule has 1 aromatic heterocycles. The van der Waals surface area contributed by atoms with E-state index >= 15 is 0 Å². The second-order valence-electron chi connectivity index (χ2n) is 8.96. The van der Waals surface area contributed by atoms with Crippen molar-refractivity contribution >= 4 is 21.7 Å². The van der Waals surface area contributed by atoms with E-state index in [2.05, 4.69) is 26.6 Å². The van der Waals surface area contributed by atoms with Gasteiger partial charge < -0.3 is 15.0 Å². The molecule has 2 heterocycles. The van der Waals surface area contributed by atoms with Gasteiger partial charge in [-0.25, -0.2) is 8.42 Å². The van der Waals surface area contributed by atoms with E-state index in [1.165, 1.54) is 26.6 Å². The van der Waals surface area contributed by atoms with Crippen molar-refractivity contribution in [1.29, 1.82) is 0 Å². The van der Waals surface area contributed by atoms with Crippen LogP contribution in [0.2, 0.25) is 0 Å². The Bertz CT molecular complexity index is 1050. The first-order valence-electron chi connectivity index (χ1n) is 11.0. The first kappa shape index (κ1) is 20.9. The fourth-order valence-corrected chi connectivity index (χ4v) is 6.35. The van der Waals surface area contributed by atoms with Gasteiger partial charge in [0.2, 0.25) is 5.95 Å². The number of hydrogen-bond donors (Lipinski definition) is 2. The summed E-state index contributed by atoms with van der Waals surface area (Å²) < 4.78 is 33.5. The number of morpholine rings is 1. The first-order chi connectivity index (χ1) is 14.9. The molecule has 0 radical (unpaired) electrons. The molecule has 2 aromatic rings. The molecule has 168 valence electrons. The summed E-state index contributed by atoms with van der Waals surface area (Å²) in [5, 5.41) is 11.4. The van der Waals surface area contributed by atoms with Crippen molar-refractivity contribution in [2.24, 2.45) is 0 Å². The Hall–Kier alpha value is -2.01. The number of H-pyrrole nitrogens is 1. The van der Waals surface area contributed by atoms with Gasteiger partial charge in [0.1, 0.15) is 0 Å². The van der Waals surface area contributed by atoms with Crippen LogP contribution in [0.25, 0.3) is 0 Å². The SMILES string of the molecule is CN(C)CC1CN(S(=O)(=O)c2nnc(Nc3c4c(cc5c3CCC5)CCC4)[nH]2)CCO1. The zero-order chi connectivity index (χ0) is 21.6. The van der Waals surface area contributed by atoms with E-state index in [0.717, 1.165) is 44.2 Å². The number of benzene rings is 1. The minimum atomic E-state index is -3.76. The minimum Gasteiger partial charge on any atom is -0.374 e. The van der Waals surface area contributed by atoms with Gasteiger partial charge in [0.15, 0.2) is 0 Å². The number of nitrogens with zero attached hydrogens (tertiary/aromatic N) is 4. The van der Waals surface area contributed by atoms with E-state index in [1.807, 2.05) is 19.0 Å². The normalized spacial score (nSPS) is 21.5. The second kappa shape index (κ2) is 8.16. The highest BCUT2D eigenvalue weighted by Crippen LogP contribution is 2.39. The van der Waals surface area contributed by atoms with Crippen LogP contribution in [0.5, 0.6) is 0 Å². The average molecular weight is 447 g/mol. The van der Waals surface area contributed by atoms with Crippen molar-refractivity contribution in [1.82, 2.24) is 24.4 Å². The summed E-state index contributed by atoms with van der Waals surface area (Å²) in [6.45, 7) is 1.66. The largest absolute Gasteiger partial charge is 0.374 e. The number of fused-ring (bicyclic) bond motifs is 2. The lowest BCUT2D eigenvalue weighted by Crippen LogP contribution is -2.48. The van der Waals surface area contributed by atoms with Gasteiger partial charge in [0.05, 0.1) is 12.7 Å². The Morgan fingerprint density at radius 2 is 1.87 bits per heavy atom. The van der Waals surface area contributed by atoms with Crippen molar-refractivity contribution in [3.63, 3.8) is 0 Å². The summed E-state index contributed by atoms with van der Waals surface area (Å²) in [7, 11) is 0.134. The molecular formula is C21H30N6O3S. The first-order valence-corrected chi connectivity index (χ1v) is 12.5. The van der Waals surface area contributed by atoms with Crippen molar-refractivity contribution in [2.75, 3.05) is 45.7 Å². The summed E-state index contributed by atoms with van der Waals surface area (Å²) in [6, 6.07) is 2.37. The number of likely N-dealkylation sites (N-methyl/N-ethyl adjacent to an activating group) is 1. The standard InChI is InChI=1S/C21H30N6O3S/c1-26(2)12-16-13-27(9-10-30-16)31(28,29)21-23-20(24-25-21)22-19-17-7-3-5-14(17)11-15-6-4-8-18(15)19/h11,16H,3-10,12-13H2,1-2H3,(H2,22,23,24,25). The van der Waals surface area contributed by atoms with Crippen LogP contribution in [0.4, 0.5) is 11.6 Å². The second-order valence-corrected chi connectivity index (χ2v) is 10.8. The van der Waals surface area contributed by atoms with Crippen LogP contribution in [0.3, 0.4) is 0 Å². The highest BCUT2D eigenvalue weighted by molar-refractivity contribution is 7.89. The van der Waals surface area contributed by atoms with Crippen molar-refractivity contribution in [2.45, 2.75) is 49.8 Å². The summed E-state index contributed by atoms with van der Waals surface area (Å²) in [5.74, 6) is 0.381. The molecule has 2 aliphatic carbocycles. The van der Waals surface area contributed by atoms with Crippen LogP contribution in [-0.4, -0.2) is 79.2 Å². The summed E-state index contributed by atoms with van der Waals surface area (Å²) >= 11 is 0. The van der Waals surface area contributed by atoms with Gasteiger partial charge in [0, 0.05) is 25.3 Å². The minimum absolute atomic E-state index is 0.121. The Kier molecular flexibility index (Phi) is 5.49. The van der Waals surface area contributed by atoms with E-state index in [1.54, 1.807) is 0 Å². The zero-order valence-electron chi connectivity index (χ0n) is 18.1. The molecule has 2 N–H and O–H groups in total. The maximum Gasteiger partial charge on any atom is 0.278 e. The predicted molar refractivity (Wildman–Crippen MR) is 117 cm³/mol. The molecule has 31 heavy (non-hydrogen) atoms. The molecule has 3 aliphatic rings. The number of hydrogen-bond acceptors (Lipinski definition) is 7. The van der Waals surface area contributed by atoms with Crippen LogP contribution in [0, 0.1) is 0 Å². The molecule has 1 atom stereocenters. The summed E-state index contributed by atoms with van der Waals surface area (Å²) in [5.41, 5.74) is 6.63. The lowest BCUT2D eigenvalue weighted by atomic mass is 9.99. The van der Waals surface area contributed by atoms with Crippen molar-refractivity contribution in [3.05, 3.63) is 28.3 Å². The number of aromatic amines is 1. The molecule has 1 saturated heterocycles. The Morgan fingerprint density at radius 3 is 2.55 bits per heavy atom. The molecule has 0 spiro atoms. The maximum absolute atomic E-state index is 13.2. The van der Waals surface area contributed by atoms with Gasteiger partial charge in [-0.3, -0.25) is 4.98 Å². The Balaban J connectivity index is 1.38. The number of anilines is 2. The van der Waals surface area contributed by atoms with Crippen molar-refractivity contribution in [3.8, 4) is 0 Å². The third-order valence-electron chi connectivity index (χ3n) is 6.44. The average Bonchev–Trinajstić information content (AvgIpc) is 3.48. The Labute approximate surface area is 183 Å². The van der Waals surface area contributed by atoms with Crippen molar-refractivity contribution < 1.29 is 13.2 Å². The molecule has 1 fully saturated rings. The van der Waals surface area contributed by atoms with E-state index in [4.69, 9.17) is 4.74 Å². The van der Waals surface area contributed by atoms with Crippen LogP contribution >= 0.6 is 0 Å². The number of ether oxygens (including phenoxy) is 1. The van der Waals surface area contributed by atoms with E-state index in [0.29, 0.717) is 32.2 Å². The predicted octanol–water partition coefficient (Wildman–Crippen LogP) is 1.48. The number of rotatable bonds is 6. The molecule has 9 nitrogen and oxygen atoms in total. The van der Waals surface area contributed by atoms with E-state index in [9.17, 15) is 8.42 Å². The maximum atomic E-state index is 13.2. The lowest BCUT2D eigenvalue weighted by Gasteiger charge is -2.32.